The van der Waals surface area contributed by atoms with Crippen molar-refractivity contribution in [3.63, 3.8) is 0 Å². The highest BCUT2D eigenvalue weighted by atomic mass is 32.2. The molecule has 1 aliphatic heterocycles. The van der Waals surface area contributed by atoms with Crippen molar-refractivity contribution in [2.75, 3.05) is 0 Å². The Balaban J connectivity index is 1.66. The van der Waals surface area contributed by atoms with Crippen molar-refractivity contribution in [1.82, 2.24) is 19.2 Å². The molecule has 5 nitrogen and oxygen atoms in total. The Bertz CT molecular complexity index is 1210. The monoisotopic (exact) mass is 429 g/mol. The third-order valence-electron chi connectivity index (χ3n) is 5.32. The third kappa shape index (κ3) is 3.38. The molecule has 2 atom stereocenters. The first-order valence-electron chi connectivity index (χ1n) is 10.1. The van der Waals surface area contributed by atoms with Crippen LogP contribution in [-0.4, -0.2) is 32.5 Å². The van der Waals surface area contributed by atoms with E-state index in [1.807, 2.05) is 12.4 Å². The van der Waals surface area contributed by atoms with Crippen molar-refractivity contribution in [1.29, 1.82) is 0 Å². The second-order valence-electron chi connectivity index (χ2n) is 8.42. The number of imidazole rings is 1. The Morgan fingerprint density at radius 3 is 2.17 bits per heavy atom. The molecule has 3 heterocycles. The van der Waals surface area contributed by atoms with Crippen LogP contribution < -0.4 is 0 Å². The van der Waals surface area contributed by atoms with Crippen LogP contribution in [0.1, 0.15) is 28.1 Å². The summed E-state index contributed by atoms with van der Waals surface area (Å²) in [6.45, 7) is 6.90. The Hall–Kier alpha value is -2.77. The topological polar surface area (TPSA) is 56.0 Å². The molecule has 0 fully saturated rings. The first-order chi connectivity index (χ1) is 14.5. The smallest absolute Gasteiger partial charge is 0.180 e. The molecule has 2 aromatic carbocycles. The van der Waals surface area contributed by atoms with E-state index < -0.39 is 8.24 Å². The van der Waals surface area contributed by atoms with Gasteiger partial charge in [-0.25, -0.2) is 15.0 Å². The lowest BCUT2D eigenvalue weighted by Gasteiger charge is -2.20. The molecule has 0 aliphatic carbocycles. The summed E-state index contributed by atoms with van der Waals surface area (Å²) in [4.78, 5) is 18.9. The molecule has 2 aromatic heterocycles. The SMILES string of the molecule is C[Si](C)(C)n1cnc2ncnc(C3=NC(c4ccccc4)C(c4ccccc4)S3)c21. The van der Waals surface area contributed by atoms with E-state index >= 15 is 0 Å². The molecule has 1 aliphatic rings. The molecule has 7 heteroatoms. The van der Waals surface area contributed by atoms with Gasteiger partial charge in [0, 0.05) is 0 Å². The highest BCUT2D eigenvalue weighted by molar-refractivity contribution is 8.15. The van der Waals surface area contributed by atoms with E-state index in [0.29, 0.717) is 0 Å². The van der Waals surface area contributed by atoms with Gasteiger partial charge in [0.25, 0.3) is 0 Å². The number of fused-ring (bicyclic) bond motifs is 1. The van der Waals surface area contributed by atoms with Gasteiger partial charge < -0.3 is 4.23 Å². The highest BCUT2D eigenvalue weighted by Crippen LogP contribution is 2.50. The molecule has 5 rings (SSSR count). The number of rotatable bonds is 4. The zero-order valence-corrected chi connectivity index (χ0v) is 19.0. The minimum Gasteiger partial charge on any atom is -0.356 e. The average Bonchev–Trinajstić information content (AvgIpc) is 3.40. The van der Waals surface area contributed by atoms with Gasteiger partial charge in [0.05, 0.1) is 17.6 Å². The molecule has 0 radical (unpaired) electrons. The van der Waals surface area contributed by atoms with E-state index in [1.54, 1.807) is 18.1 Å². The summed E-state index contributed by atoms with van der Waals surface area (Å²) < 4.78 is 2.29. The molecular formula is C23H23N5SSi. The third-order valence-corrected chi connectivity index (χ3v) is 8.41. The molecular weight excluding hydrogens is 406 g/mol. The van der Waals surface area contributed by atoms with Crippen LogP contribution in [0.15, 0.2) is 78.3 Å². The molecule has 0 saturated carbocycles. The fourth-order valence-corrected chi connectivity index (χ4v) is 6.44. The fourth-order valence-electron chi connectivity index (χ4n) is 3.84. The van der Waals surface area contributed by atoms with Crippen molar-refractivity contribution in [2.24, 2.45) is 4.99 Å². The number of aromatic nitrogens is 4. The first kappa shape index (κ1) is 19.2. The molecule has 0 saturated heterocycles. The van der Waals surface area contributed by atoms with Gasteiger partial charge in [-0.05, 0) is 11.1 Å². The maximum Gasteiger partial charge on any atom is 0.180 e. The number of benzene rings is 2. The predicted octanol–water partition coefficient (Wildman–Crippen LogP) is 5.49. The van der Waals surface area contributed by atoms with Crippen LogP contribution in [0.5, 0.6) is 0 Å². The molecule has 0 spiro atoms. The van der Waals surface area contributed by atoms with Crippen LogP contribution in [0.4, 0.5) is 0 Å². The Kier molecular flexibility index (Phi) is 4.79. The lowest BCUT2D eigenvalue weighted by Crippen LogP contribution is -2.31. The van der Waals surface area contributed by atoms with E-state index in [1.165, 1.54) is 11.1 Å². The van der Waals surface area contributed by atoms with E-state index in [0.717, 1.165) is 21.9 Å². The zero-order chi connectivity index (χ0) is 20.7. The van der Waals surface area contributed by atoms with Gasteiger partial charge in [-0.2, -0.15) is 0 Å². The van der Waals surface area contributed by atoms with Gasteiger partial charge in [-0.3, -0.25) is 4.99 Å². The van der Waals surface area contributed by atoms with Crippen molar-refractivity contribution >= 4 is 36.2 Å². The van der Waals surface area contributed by atoms with Crippen LogP contribution in [-0.2, 0) is 0 Å². The summed E-state index contributed by atoms with van der Waals surface area (Å²) >= 11 is 1.79. The summed E-state index contributed by atoms with van der Waals surface area (Å²) in [5.74, 6) is 0. The van der Waals surface area contributed by atoms with Crippen LogP contribution >= 0.6 is 11.8 Å². The number of nitrogens with zero attached hydrogens (tertiary/aromatic N) is 5. The van der Waals surface area contributed by atoms with Crippen molar-refractivity contribution in [3.05, 3.63) is 90.1 Å². The molecule has 0 N–H and O–H groups in total. The van der Waals surface area contributed by atoms with Crippen LogP contribution in [0, 0.1) is 0 Å². The maximum absolute atomic E-state index is 5.20. The predicted molar refractivity (Wildman–Crippen MR) is 127 cm³/mol. The van der Waals surface area contributed by atoms with Gasteiger partial charge in [0.1, 0.15) is 22.6 Å². The number of aliphatic imine (C=N–C) groups is 1. The van der Waals surface area contributed by atoms with Gasteiger partial charge in [0.15, 0.2) is 13.9 Å². The van der Waals surface area contributed by atoms with Crippen LogP contribution in [0.25, 0.3) is 11.2 Å². The summed E-state index contributed by atoms with van der Waals surface area (Å²) in [5, 5.41) is 1.17. The Morgan fingerprint density at radius 1 is 0.833 bits per heavy atom. The summed E-state index contributed by atoms with van der Waals surface area (Å²) in [5.41, 5.74) is 5.13. The standard InChI is InChI=1S/C23H23N5SSi/c1-30(2,3)28-15-26-22-20(28)19(24-14-25-22)23-27-18(16-10-6-4-7-11-16)21(29-23)17-12-8-5-9-13-17/h4-15,18,21H,1-3H3. The minimum atomic E-state index is -1.68. The van der Waals surface area contributed by atoms with Gasteiger partial charge in [-0.1, -0.05) is 92.1 Å². The summed E-state index contributed by atoms with van der Waals surface area (Å²) in [6.07, 6.45) is 3.52. The maximum atomic E-state index is 5.20. The molecule has 0 bridgehead atoms. The van der Waals surface area contributed by atoms with Crippen LogP contribution in [0.3, 0.4) is 0 Å². The van der Waals surface area contributed by atoms with E-state index in [9.17, 15) is 0 Å². The Morgan fingerprint density at radius 2 is 1.50 bits per heavy atom. The van der Waals surface area contributed by atoms with Gasteiger partial charge >= 0.3 is 0 Å². The molecule has 0 amide bonds. The second-order valence-corrected chi connectivity index (χ2v) is 14.4. The highest BCUT2D eigenvalue weighted by Gasteiger charge is 2.35. The second kappa shape index (κ2) is 7.48. The quantitative estimate of drug-likeness (QED) is 0.403. The lowest BCUT2D eigenvalue weighted by molar-refractivity contribution is 0.724. The van der Waals surface area contributed by atoms with E-state index in [2.05, 4.69) is 88.4 Å². The summed E-state index contributed by atoms with van der Waals surface area (Å²) in [6, 6.07) is 21.2. The molecule has 4 aromatic rings. The number of hydrogen-bond acceptors (Lipinski definition) is 5. The van der Waals surface area contributed by atoms with Crippen molar-refractivity contribution < 1.29 is 0 Å². The minimum absolute atomic E-state index is 0.0434. The average molecular weight is 430 g/mol. The normalized spacial score (nSPS) is 19.2. The zero-order valence-electron chi connectivity index (χ0n) is 17.2. The van der Waals surface area contributed by atoms with Gasteiger partial charge in [0.2, 0.25) is 0 Å². The first-order valence-corrected chi connectivity index (χ1v) is 14.4. The van der Waals surface area contributed by atoms with Gasteiger partial charge in [-0.15, -0.1) is 0 Å². The lowest BCUT2D eigenvalue weighted by atomic mass is 9.99. The largest absolute Gasteiger partial charge is 0.356 e. The Labute approximate surface area is 181 Å². The molecule has 150 valence electrons. The molecule has 2 unspecified atom stereocenters. The fraction of sp³-hybridized carbons (Fsp3) is 0.217. The van der Waals surface area contributed by atoms with Crippen LogP contribution in [0.2, 0.25) is 19.6 Å². The molecule has 30 heavy (non-hydrogen) atoms. The van der Waals surface area contributed by atoms with Crippen molar-refractivity contribution in [3.8, 4) is 0 Å². The summed E-state index contributed by atoms with van der Waals surface area (Å²) in [7, 11) is -1.68. The van der Waals surface area contributed by atoms with E-state index in [-0.39, 0.29) is 11.3 Å². The number of thioether (sulfide) groups is 1. The van der Waals surface area contributed by atoms with E-state index in [4.69, 9.17) is 9.98 Å². The number of hydrogen-bond donors (Lipinski definition) is 0. The van der Waals surface area contributed by atoms with Crippen molar-refractivity contribution in [2.45, 2.75) is 30.9 Å².